The molecule has 0 aliphatic carbocycles. The third kappa shape index (κ3) is 5.88. The Bertz CT molecular complexity index is 1000. The first-order valence-electron chi connectivity index (χ1n) is 11.0. The van der Waals surface area contributed by atoms with Gasteiger partial charge in [-0.05, 0) is 49.2 Å². The molecule has 2 aromatic rings. The van der Waals surface area contributed by atoms with Crippen molar-refractivity contribution in [3.05, 3.63) is 59.7 Å². The van der Waals surface area contributed by atoms with E-state index < -0.39 is 10.0 Å². The lowest BCUT2D eigenvalue weighted by atomic mass is 10.1. The highest BCUT2D eigenvalue weighted by atomic mass is 32.2. The van der Waals surface area contributed by atoms with E-state index in [2.05, 4.69) is 11.8 Å². The van der Waals surface area contributed by atoms with Crippen LogP contribution in [-0.4, -0.2) is 81.4 Å². The zero-order chi connectivity index (χ0) is 23.1. The van der Waals surface area contributed by atoms with Gasteiger partial charge in [0, 0.05) is 32.7 Å². The van der Waals surface area contributed by atoms with E-state index in [1.165, 1.54) is 4.31 Å². The van der Waals surface area contributed by atoms with Crippen molar-refractivity contribution in [1.82, 2.24) is 14.1 Å². The highest BCUT2D eigenvalue weighted by molar-refractivity contribution is 7.89. The number of amides is 1. The summed E-state index contributed by atoms with van der Waals surface area (Å²) >= 11 is 0. The largest absolute Gasteiger partial charge is 0.496 e. The van der Waals surface area contributed by atoms with Crippen LogP contribution < -0.4 is 4.74 Å². The number of piperazine rings is 1. The van der Waals surface area contributed by atoms with Gasteiger partial charge in [-0.1, -0.05) is 37.3 Å². The molecule has 1 heterocycles. The molecule has 32 heavy (non-hydrogen) atoms. The lowest BCUT2D eigenvalue weighted by Crippen LogP contribution is -2.51. The third-order valence-electron chi connectivity index (χ3n) is 5.98. The van der Waals surface area contributed by atoms with Gasteiger partial charge in [0.1, 0.15) is 5.75 Å². The highest BCUT2D eigenvalue weighted by Crippen LogP contribution is 2.24. The lowest BCUT2D eigenvalue weighted by molar-refractivity contribution is -0.133. The van der Waals surface area contributed by atoms with Crippen molar-refractivity contribution < 1.29 is 17.9 Å². The standard InChI is InChI=1S/C24H33N3O4S/c1-4-25-14-16-26(17-15-25)24(28)19-27(13-12-21-8-6-5-7-9-21)32(29,30)22-10-11-23(31-3)20(2)18-22/h5-11,18H,4,12-17,19H2,1-3H3. The summed E-state index contributed by atoms with van der Waals surface area (Å²) in [6.07, 6.45) is 0.534. The number of hydrogen-bond acceptors (Lipinski definition) is 5. The quantitative estimate of drug-likeness (QED) is 0.576. The Morgan fingerprint density at radius 3 is 2.34 bits per heavy atom. The van der Waals surface area contributed by atoms with Gasteiger partial charge in [-0.2, -0.15) is 4.31 Å². The predicted molar refractivity (Wildman–Crippen MR) is 125 cm³/mol. The van der Waals surface area contributed by atoms with Crippen molar-refractivity contribution in [2.24, 2.45) is 0 Å². The normalized spacial score (nSPS) is 15.2. The zero-order valence-corrected chi connectivity index (χ0v) is 20.0. The Morgan fingerprint density at radius 1 is 1.06 bits per heavy atom. The summed E-state index contributed by atoms with van der Waals surface area (Å²) in [7, 11) is -2.29. The smallest absolute Gasteiger partial charge is 0.243 e. The number of aryl methyl sites for hydroxylation is 1. The van der Waals surface area contributed by atoms with Crippen LogP contribution in [0.3, 0.4) is 0 Å². The fourth-order valence-electron chi connectivity index (χ4n) is 3.91. The van der Waals surface area contributed by atoms with Gasteiger partial charge in [0.25, 0.3) is 0 Å². The van der Waals surface area contributed by atoms with Crippen molar-refractivity contribution in [3.8, 4) is 5.75 Å². The van der Waals surface area contributed by atoms with Gasteiger partial charge in [0.15, 0.2) is 0 Å². The maximum Gasteiger partial charge on any atom is 0.243 e. The highest BCUT2D eigenvalue weighted by Gasteiger charge is 2.30. The SMILES string of the molecule is CCN1CCN(C(=O)CN(CCc2ccccc2)S(=O)(=O)c2ccc(OC)c(C)c2)CC1. The van der Waals surface area contributed by atoms with Crippen LogP contribution in [0.25, 0.3) is 0 Å². The van der Waals surface area contributed by atoms with Gasteiger partial charge in [-0.15, -0.1) is 0 Å². The molecule has 0 aromatic heterocycles. The summed E-state index contributed by atoms with van der Waals surface area (Å²) in [5.74, 6) is 0.479. The third-order valence-corrected chi connectivity index (χ3v) is 7.82. The second kappa shape index (κ2) is 10.9. The van der Waals surface area contributed by atoms with Gasteiger partial charge >= 0.3 is 0 Å². The first-order valence-corrected chi connectivity index (χ1v) is 12.5. The second-order valence-electron chi connectivity index (χ2n) is 8.02. The van der Waals surface area contributed by atoms with Crippen LogP contribution in [-0.2, 0) is 21.2 Å². The number of hydrogen-bond donors (Lipinski definition) is 0. The van der Waals surface area contributed by atoms with E-state index in [1.807, 2.05) is 37.3 Å². The molecule has 1 aliphatic heterocycles. The molecule has 0 spiro atoms. The van der Waals surface area contributed by atoms with Crippen molar-refractivity contribution in [1.29, 1.82) is 0 Å². The Labute approximate surface area is 191 Å². The summed E-state index contributed by atoms with van der Waals surface area (Å²) in [6.45, 7) is 7.83. The van der Waals surface area contributed by atoms with Crippen LogP contribution in [0.4, 0.5) is 0 Å². The lowest BCUT2D eigenvalue weighted by Gasteiger charge is -2.35. The van der Waals surface area contributed by atoms with E-state index >= 15 is 0 Å². The maximum atomic E-state index is 13.5. The van der Waals surface area contributed by atoms with E-state index in [4.69, 9.17) is 4.74 Å². The van der Waals surface area contributed by atoms with Crippen molar-refractivity contribution in [2.75, 3.05) is 52.9 Å². The molecule has 0 bridgehead atoms. The summed E-state index contributed by atoms with van der Waals surface area (Å²) in [5, 5.41) is 0. The minimum Gasteiger partial charge on any atom is -0.496 e. The van der Waals surface area contributed by atoms with Crippen molar-refractivity contribution in [2.45, 2.75) is 25.2 Å². The number of likely N-dealkylation sites (N-methyl/N-ethyl adjacent to an activating group) is 1. The molecule has 1 aliphatic rings. The van der Waals surface area contributed by atoms with Crippen LogP contribution in [0.1, 0.15) is 18.1 Å². The maximum absolute atomic E-state index is 13.5. The molecule has 0 N–H and O–H groups in total. The fourth-order valence-corrected chi connectivity index (χ4v) is 5.38. The second-order valence-corrected chi connectivity index (χ2v) is 9.96. The molecule has 0 atom stereocenters. The molecule has 1 amide bonds. The minimum absolute atomic E-state index is 0.150. The Kier molecular flexibility index (Phi) is 8.28. The Morgan fingerprint density at radius 2 is 1.75 bits per heavy atom. The first-order chi connectivity index (χ1) is 15.3. The van der Waals surface area contributed by atoms with Crippen LogP contribution in [0.5, 0.6) is 5.75 Å². The van der Waals surface area contributed by atoms with Crippen LogP contribution in [0, 0.1) is 6.92 Å². The molecule has 0 saturated carbocycles. The number of carbonyl (C=O) groups is 1. The molecule has 7 nitrogen and oxygen atoms in total. The topological polar surface area (TPSA) is 70.2 Å². The predicted octanol–water partition coefficient (Wildman–Crippen LogP) is 2.40. The monoisotopic (exact) mass is 459 g/mol. The summed E-state index contributed by atoms with van der Waals surface area (Å²) < 4.78 is 33.6. The number of ether oxygens (including phenoxy) is 1. The first kappa shape index (κ1) is 24.2. The molecule has 1 fully saturated rings. The number of sulfonamides is 1. The molecule has 174 valence electrons. The number of rotatable bonds is 9. The van der Waals surface area contributed by atoms with E-state index in [0.717, 1.165) is 30.8 Å². The van der Waals surface area contributed by atoms with E-state index in [1.54, 1.807) is 30.2 Å². The number of benzene rings is 2. The Hall–Kier alpha value is -2.42. The number of carbonyl (C=O) groups excluding carboxylic acids is 1. The molecular weight excluding hydrogens is 426 g/mol. The molecule has 0 radical (unpaired) electrons. The summed E-state index contributed by atoms with van der Waals surface area (Å²) in [5.41, 5.74) is 1.77. The number of nitrogens with zero attached hydrogens (tertiary/aromatic N) is 3. The molecule has 3 rings (SSSR count). The van der Waals surface area contributed by atoms with Crippen LogP contribution in [0.2, 0.25) is 0 Å². The number of methoxy groups -OCH3 is 1. The van der Waals surface area contributed by atoms with Gasteiger partial charge < -0.3 is 14.5 Å². The average Bonchev–Trinajstić information content (AvgIpc) is 2.82. The molecular formula is C24H33N3O4S. The molecule has 1 saturated heterocycles. The summed E-state index contributed by atoms with van der Waals surface area (Å²) in [4.78, 5) is 17.3. The van der Waals surface area contributed by atoms with E-state index in [0.29, 0.717) is 25.3 Å². The fraction of sp³-hybridized carbons (Fsp3) is 0.458. The summed E-state index contributed by atoms with van der Waals surface area (Å²) in [6, 6.07) is 14.5. The van der Waals surface area contributed by atoms with E-state index in [9.17, 15) is 13.2 Å². The van der Waals surface area contributed by atoms with Crippen LogP contribution >= 0.6 is 0 Å². The van der Waals surface area contributed by atoms with Crippen molar-refractivity contribution in [3.63, 3.8) is 0 Å². The van der Waals surface area contributed by atoms with Gasteiger partial charge in [-0.25, -0.2) is 8.42 Å². The van der Waals surface area contributed by atoms with Gasteiger partial charge in [0.2, 0.25) is 15.9 Å². The minimum atomic E-state index is -3.85. The van der Waals surface area contributed by atoms with E-state index in [-0.39, 0.29) is 23.9 Å². The van der Waals surface area contributed by atoms with Gasteiger partial charge in [-0.3, -0.25) is 4.79 Å². The molecule has 0 unspecified atom stereocenters. The van der Waals surface area contributed by atoms with Crippen LogP contribution in [0.15, 0.2) is 53.4 Å². The average molecular weight is 460 g/mol. The Balaban J connectivity index is 1.81. The molecule has 2 aromatic carbocycles. The molecule has 8 heteroatoms. The van der Waals surface area contributed by atoms with Gasteiger partial charge in [0.05, 0.1) is 18.6 Å². The van der Waals surface area contributed by atoms with Crippen molar-refractivity contribution >= 4 is 15.9 Å². The zero-order valence-electron chi connectivity index (χ0n) is 19.2.